The van der Waals surface area contributed by atoms with Crippen LogP contribution in [0.25, 0.3) is 0 Å². The van der Waals surface area contributed by atoms with Crippen molar-refractivity contribution >= 4 is 23.7 Å². The number of hydrogen-bond acceptors (Lipinski definition) is 13. The van der Waals surface area contributed by atoms with Crippen LogP contribution in [0.2, 0.25) is 0 Å². The van der Waals surface area contributed by atoms with Gasteiger partial charge in [-0.05, 0) is 18.9 Å². The molecule has 15 heteroatoms. The second-order valence-corrected chi connectivity index (χ2v) is 13.1. The second kappa shape index (κ2) is 16.7. The van der Waals surface area contributed by atoms with Crippen LogP contribution in [0.5, 0.6) is 0 Å². The van der Waals surface area contributed by atoms with Gasteiger partial charge < -0.3 is 49.1 Å². The number of imide groups is 1. The fourth-order valence-electron chi connectivity index (χ4n) is 6.93. The molecule has 6 aliphatic heterocycles. The van der Waals surface area contributed by atoms with E-state index < -0.39 is 116 Å². The summed E-state index contributed by atoms with van der Waals surface area (Å²) >= 11 is 0. The topological polar surface area (TPSA) is 200 Å². The first-order chi connectivity index (χ1) is 24.6. The minimum Gasteiger partial charge on any atom is -0.454 e. The van der Waals surface area contributed by atoms with E-state index in [0.717, 1.165) is 17.1 Å². The minimum atomic E-state index is -1.02. The first-order valence-corrected chi connectivity index (χ1v) is 17.2. The predicted octanol–water partition coefficient (Wildman–Crippen LogP) is -0.538. The summed E-state index contributed by atoms with van der Waals surface area (Å²) < 4.78 is 37.6. The number of nitrogens with zero attached hydrogens (tertiary/aromatic N) is 1. The number of carbonyl (C=O) groups excluding carboxylic acids is 4. The number of fused-ring (bicyclic) bond motifs is 4. The normalized spacial score (nSPS) is 37.7. The molecule has 0 bridgehead atoms. The Morgan fingerprint density at radius 3 is 2.45 bits per heavy atom. The summed E-state index contributed by atoms with van der Waals surface area (Å²) in [6.45, 7) is 2.87. The van der Waals surface area contributed by atoms with Crippen molar-refractivity contribution in [1.82, 2.24) is 10.2 Å². The van der Waals surface area contributed by atoms with E-state index in [0.29, 0.717) is 19.3 Å². The highest BCUT2D eigenvalue weighted by Crippen LogP contribution is 2.39. The maximum Gasteiger partial charge on any atom is 0.326 e. The fourth-order valence-corrected chi connectivity index (χ4v) is 6.93. The molecule has 0 aromatic rings. The molecule has 3 amide bonds. The molecule has 0 spiro atoms. The van der Waals surface area contributed by atoms with Gasteiger partial charge in [-0.1, -0.05) is 48.6 Å². The highest BCUT2D eigenvalue weighted by atomic mass is 16.6. The van der Waals surface area contributed by atoms with Crippen molar-refractivity contribution in [3.63, 3.8) is 0 Å². The van der Waals surface area contributed by atoms with Gasteiger partial charge in [0, 0.05) is 31.5 Å². The summed E-state index contributed by atoms with van der Waals surface area (Å²) in [7, 11) is 0. The maximum absolute atomic E-state index is 12.8. The van der Waals surface area contributed by atoms with E-state index in [2.05, 4.69) is 11.9 Å². The van der Waals surface area contributed by atoms with Gasteiger partial charge in [0.05, 0.1) is 37.1 Å². The molecule has 15 nitrogen and oxygen atoms in total. The van der Waals surface area contributed by atoms with Crippen LogP contribution < -0.4 is 5.32 Å². The molecular weight excluding hydrogens is 668 g/mol. The van der Waals surface area contributed by atoms with Crippen LogP contribution in [-0.4, -0.2) is 143 Å². The Morgan fingerprint density at radius 1 is 0.961 bits per heavy atom. The number of nitrogens with one attached hydrogen (secondary N) is 1. The number of rotatable bonds is 11. The zero-order valence-corrected chi connectivity index (χ0v) is 27.9. The summed E-state index contributed by atoms with van der Waals surface area (Å²) in [4.78, 5) is 49.4. The van der Waals surface area contributed by atoms with E-state index in [9.17, 15) is 29.4 Å². The number of aliphatic hydroxyl groups is 3. The van der Waals surface area contributed by atoms with Gasteiger partial charge >= 0.3 is 5.97 Å². The molecule has 0 unspecified atom stereocenters. The van der Waals surface area contributed by atoms with Crippen LogP contribution in [-0.2, 0) is 47.6 Å². The summed E-state index contributed by atoms with van der Waals surface area (Å²) in [5.41, 5.74) is 0. The van der Waals surface area contributed by atoms with Crippen LogP contribution in [0.3, 0.4) is 0 Å². The predicted molar refractivity (Wildman–Crippen MR) is 176 cm³/mol. The Morgan fingerprint density at radius 2 is 1.69 bits per heavy atom. The summed E-state index contributed by atoms with van der Waals surface area (Å²) in [5, 5.41) is 32.7. The van der Waals surface area contributed by atoms with Gasteiger partial charge in [-0.3, -0.25) is 24.1 Å². The van der Waals surface area contributed by atoms with Crippen molar-refractivity contribution in [3.8, 4) is 0 Å². The lowest BCUT2D eigenvalue weighted by atomic mass is 9.87. The molecule has 51 heavy (non-hydrogen) atoms. The van der Waals surface area contributed by atoms with E-state index in [1.807, 2.05) is 24.3 Å². The van der Waals surface area contributed by atoms with E-state index >= 15 is 0 Å². The second-order valence-electron chi connectivity index (χ2n) is 13.1. The van der Waals surface area contributed by atoms with E-state index in [4.69, 9.17) is 33.5 Å². The molecular formula is C36H44N2O13. The highest BCUT2D eigenvalue weighted by Gasteiger charge is 2.52. The van der Waals surface area contributed by atoms with E-state index in [1.54, 1.807) is 24.3 Å². The molecule has 0 aliphatic carbocycles. The highest BCUT2D eigenvalue weighted by molar-refractivity contribution is 6.13. The standard InChI is InChI=1S/C36H44N2O13/c1-2-4-22-25(50-33(44)18-37-30(41)15-16-38-31(42)13-14-32(38)43)11-9-24-23(47-22)10-12-26-28(48-24)17-29-36(51-26)34(45)35-27(49-29)6-3-5-21(46-35)8-7-20(40)19-39/h2-3,5,7-14,20-29,34-36,39-40,45H,1,4,6,15-19H2,(H,37,41)/t20-,21+,22+,23-,24+,25-,26+,27-,28-,29+,34+,35-,36+/m0/s1. The molecule has 0 saturated carbocycles. The number of hydrogen-bond donors (Lipinski definition) is 4. The van der Waals surface area contributed by atoms with Crippen molar-refractivity contribution in [1.29, 1.82) is 0 Å². The maximum atomic E-state index is 12.8. The average molecular weight is 713 g/mol. The molecule has 0 radical (unpaired) electrons. The monoisotopic (exact) mass is 712 g/mol. The van der Waals surface area contributed by atoms with Crippen LogP contribution in [0.1, 0.15) is 25.7 Å². The lowest BCUT2D eigenvalue weighted by molar-refractivity contribution is -0.287. The van der Waals surface area contributed by atoms with Crippen LogP contribution in [0, 0.1) is 0 Å². The van der Waals surface area contributed by atoms with Gasteiger partial charge in [0.2, 0.25) is 5.91 Å². The van der Waals surface area contributed by atoms with Crippen molar-refractivity contribution < 1.29 is 62.9 Å². The average Bonchev–Trinajstić information content (AvgIpc) is 3.28. The van der Waals surface area contributed by atoms with Gasteiger partial charge in [-0.2, -0.15) is 0 Å². The summed E-state index contributed by atoms with van der Waals surface area (Å²) in [6, 6.07) is 0. The van der Waals surface area contributed by atoms with Crippen molar-refractivity contribution in [2.45, 2.75) is 105 Å². The smallest absolute Gasteiger partial charge is 0.326 e. The van der Waals surface area contributed by atoms with Gasteiger partial charge in [0.15, 0.2) is 0 Å². The van der Waals surface area contributed by atoms with Gasteiger partial charge in [0.25, 0.3) is 11.8 Å². The Hall–Kier alpha value is -3.80. The zero-order chi connectivity index (χ0) is 36.1. The number of carbonyl (C=O) groups is 4. The number of ether oxygens (including phenoxy) is 6. The SMILES string of the molecule is C=CC[C@H]1O[C@H]2C=C[C@H]3O[C@H]4[C@H](O)[C@H]5O[C@@H](C=C[C@H](O)CO)C=CC[C@@H]5O[C@@H]4C[C@@H]3O[C@@H]2C=C[C@@H]1OC(=O)CNC(=O)CCN1C(=O)C=CC1=O. The van der Waals surface area contributed by atoms with Crippen LogP contribution in [0.4, 0.5) is 0 Å². The Bertz CT molecular complexity index is 1460. The Labute approximate surface area is 294 Å². The van der Waals surface area contributed by atoms with Crippen LogP contribution >= 0.6 is 0 Å². The molecule has 6 aliphatic rings. The third kappa shape index (κ3) is 8.81. The zero-order valence-electron chi connectivity index (χ0n) is 27.9. The van der Waals surface area contributed by atoms with Crippen molar-refractivity contribution in [2.24, 2.45) is 0 Å². The number of aliphatic hydroxyl groups excluding tert-OH is 3. The minimum absolute atomic E-state index is 0.103. The summed E-state index contributed by atoms with van der Waals surface area (Å²) in [5.74, 6) is -2.21. The van der Waals surface area contributed by atoms with E-state index in [1.165, 1.54) is 6.08 Å². The largest absolute Gasteiger partial charge is 0.454 e. The number of amides is 3. The summed E-state index contributed by atoms with van der Waals surface area (Å²) in [6.07, 6.45) is 10.6. The van der Waals surface area contributed by atoms with Gasteiger partial charge in [-0.15, -0.1) is 6.58 Å². The molecule has 0 aromatic carbocycles. The molecule has 2 fully saturated rings. The third-order valence-corrected chi connectivity index (χ3v) is 9.51. The first-order valence-electron chi connectivity index (χ1n) is 17.2. The van der Waals surface area contributed by atoms with Crippen molar-refractivity contribution in [2.75, 3.05) is 19.7 Å². The van der Waals surface area contributed by atoms with Gasteiger partial charge in [-0.25, -0.2) is 0 Å². The quantitative estimate of drug-likeness (QED) is 0.121. The molecule has 13 atom stereocenters. The Kier molecular flexibility index (Phi) is 12.1. The van der Waals surface area contributed by atoms with Gasteiger partial charge in [0.1, 0.15) is 55.4 Å². The molecule has 4 N–H and O–H groups in total. The fraction of sp³-hybridized carbons (Fsp3) is 0.556. The lowest BCUT2D eigenvalue weighted by Gasteiger charge is -2.49. The van der Waals surface area contributed by atoms with Crippen LogP contribution in [0.15, 0.2) is 73.4 Å². The third-order valence-electron chi connectivity index (χ3n) is 9.51. The first kappa shape index (κ1) is 37.0. The number of esters is 1. The lowest BCUT2D eigenvalue weighted by Crippen LogP contribution is -2.63. The molecule has 6 heterocycles. The Balaban J connectivity index is 1.05. The van der Waals surface area contributed by atoms with E-state index in [-0.39, 0.29) is 13.0 Å². The molecule has 6 rings (SSSR count). The molecule has 2 saturated heterocycles. The molecule has 0 aromatic heterocycles. The molecule has 276 valence electrons. The van der Waals surface area contributed by atoms with Crippen molar-refractivity contribution in [3.05, 3.63) is 73.4 Å².